The molecule has 3 rings (SSSR count). The molecular weight excluding hydrogens is 352 g/mol. The van der Waals surface area contributed by atoms with Crippen LogP contribution in [0, 0.1) is 0 Å². The van der Waals surface area contributed by atoms with Gasteiger partial charge in [-0.05, 0) is 43.2 Å². The lowest BCUT2D eigenvalue weighted by Crippen LogP contribution is -2.26. The SMILES string of the molecule is C[C@H](NC(=O)CCc1ccc(S(N)(=O)=O)cc1)c1cc2ccccc2o1. The van der Waals surface area contributed by atoms with E-state index in [4.69, 9.17) is 9.56 Å². The number of rotatable bonds is 6. The molecule has 0 fully saturated rings. The number of primary sulfonamides is 1. The molecule has 2 aromatic carbocycles. The van der Waals surface area contributed by atoms with Crippen LogP contribution in [0.25, 0.3) is 11.0 Å². The normalized spacial score (nSPS) is 12.8. The molecule has 0 spiro atoms. The number of fused-ring (bicyclic) bond motifs is 1. The maximum Gasteiger partial charge on any atom is 0.238 e. The zero-order valence-electron chi connectivity index (χ0n) is 14.3. The first kappa shape index (κ1) is 18.2. The van der Waals surface area contributed by atoms with E-state index in [9.17, 15) is 13.2 Å². The van der Waals surface area contributed by atoms with Crippen LogP contribution in [0.5, 0.6) is 0 Å². The first-order chi connectivity index (χ1) is 12.3. The summed E-state index contributed by atoms with van der Waals surface area (Å²) in [5.41, 5.74) is 1.66. The number of hydrogen-bond acceptors (Lipinski definition) is 4. The molecule has 1 atom stereocenters. The maximum absolute atomic E-state index is 12.2. The van der Waals surface area contributed by atoms with Gasteiger partial charge in [-0.3, -0.25) is 4.79 Å². The summed E-state index contributed by atoms with van der Waals surface area (Å²) >= 11 is 0. The molecule has 26 heavy (non-hydrogen) atoms. The van der Waals surface area contributed by atoms with Crippen molar-refractivity contribution in [2.24, 2.45) is 5.14 Å². The smallest absolute Gasteiger partial charge is 0.238 e. The monoisotopic (exact) mass is 372 g/mol. The first-order valence-corrected chi connectivity index (χ1v) is 9.77. The van der Waals surface area contributed by atoms with Crippen molar-refractivity contribution >= 4 is 26.9 Å². The molecule has 0 aliphatic heterocycles. The molecule has 7 heteroatoms. The Labute approximate surface area is 152 Å². The van der Waals surface area contributed by atoms with Crippen molar-refractivity contribution in [3.8, 4) is 0 Å². The van der Waals surface area contributed by atoms with Crippen LogP contribution in [0.3, 0.4) is 0 Å². The van der Waals surface area contributed by atoms with Gasteiger partial charge < -0.3 is 9.73 Å². The number of nitrogens with one attached hydrogen (secondary N) is 1. The number of amides is 1. The minimum absolute atomic E-state index is 0.0595. The van der Waals surface area contributed by atoms with Gasteiger partial charge in [-0.25, -0.2) is 13.6 Å². The number of furan rings is 1. The van der Waals surface area contributed by atoms with Gasteiger partial charge in [0.1, 0.15) is 11.3 Å². The highest BCUT2D eigenvalue weighted by Gasteiger charge is 2.14. The first-order valence-electron chi connectivity index (χ1n) is 8.22. The molecule has 0 bridgehead atoms. The maximum atomic E-state index is 12.2. The second-order valence-corrected chi connectivity index (χ2v) is 7.73. The number of sulfonamides is 1. The summed E-state index contributed by atoms with van der Waals surface area (Å²) in [6, 6.07) is 15.6. The Morgan fingerprint density at radius 3 is 2.50 bits per heavy atom. The molecule has 1 heterocycles. The minimum Gasteiger partial charge on any atom is -0.459 e. The zero-order valence-corrected chi connectivity index (χ0v) is 15.1. The van der Waals surface area contributed by atoms with E-state index in [0.717, 1.165) is 16.5 Å². The molecule has 0 saturated heterocycles. The van der Waals surface area contributed by atoms with Crippen molar-refractivity contribution in [2.75, 3.05) is 0 Å². The van der Waals surface area contributed by atoms with Gasteiger partial charge in [-0.15, -0.1) is 0 Å². The van der Waals surface area contributed by atoms with E-state index in [0.29, 0.717) is 18.6 Å². The fourth-order valence-corrected chi connectivity index (χ4v) is 3.22. The Morgan fingerprint density at radius 2 is 1.85 bits per heavy atom. The quantitative estimate of drug-likeness (QED) is 0.694. The van der Waals surface area contributed by atoms with E-state index in [-0.39, 0.29) is 16.8 Å². The number of para-hydroxylation sites is 1. The summed E-state index contributed by atoms with van der Waals surface area (Å²) in [4.78, 5) is 12.2. The molecule has 136 valence electrons. The zero-order chi connectivity index (χ0) is 18.7. The number of carbonyl (C=O) groups is 1. The Hall–Kier alpha value is -2.64. The van der Waals surface area contributed by atoms with E-state index in [2.05, 4.69) is 5.32 Å². The van der Waals surface area contributed by atoms with Crippen LogP contribution in [-0.2, 0) is 21.2 Å². The summed E-state index contributed by atoms with van der Waals surface area (Å²) in [6.45, 7) is 1.87. The van der Waals surface area contributed by atoms with Gasteiger partial charge in [0.25, 0.3) is 0 Å². The van der Waals surface area contributed by atoms with Gasteiger partial charge in [-0.1, -0.05) is 30.3 Å². The van der Waals surface area contributed by atoms with Crippen molar-refractivity contribution in [2.45, 2.75) is 30.7 Å². The highest BCUT2D eigenvalue weighted by Crippen LogP contribution is 2.23. The van der Waals surface area contributed by atoms with Gasteiger partial charge in [-0.2, -0.15) is 0 Å². The third-order valence-electron chi connectivity index (χ3n) is 4.14. The average molecular weight is 372 g/mol. The number of aryl methyl sites for hydroxylation is 1. The summed E-state index contributed by atoms with van der Waals surface area (Å²) in [5, 5.41) is 8.98. The molecule has 0 unspecified atom stereocenters. The fraction of sp³-hybridized carbons (Fsp3) is 0.211. The minimum atomic E-state index is -3.70. The summed E-state index contributed by atoms with van der Waals surface area (Å²) in [7, 11) is -3.70. The largest absolute Gasteiger partial charge is 0.459 e. The lowest BCUT2D eigenvalue weighted by molar-refractivity contribution is -0.121. The molecule has 1 amide bonds. The third-order valence-corrected chi connectivity index (χ3v) is 5.07. The topological polar surface area (TPSA) is 102 Å². The molecule has 1 aromatic heterocycles. The van der Waals surface area contributed by atoms with E-state index in [1.807, 2.05) is 37.3 Å². The Morgan fingerprint density at radius 1 is 1.15 bits per heavy atom. The fourth-order valence-electron chi connectivity index (χ4n) is 2.70. The van der Waals surface area contributed by atoms with Crippen LogP contribution in [0.4, 0.5) is 0 Å². The molecular formula is C19H20N2O4S. The molecule has 0 aliphatic rings. The van der Waals surface area contributed by atoms with Gasteiger partial charge >= 0.3 is 0 Å². The molecule has 0 radical (unpaired) electrons. The van der Waals surface area contributed by atoms with Crippen molar-refractivity contribution < 1.29 is 17.6 Å². The van der Waals surface area contributed by atoms with Crippen molar-refractivity contribution in [1.29, 1.82) is 0 Å². The molecule has 3 aromatic rings. The van der Waals surface area contributed by atoms with Crippen LogP contribution in [-0.4, -0.2) is 14.3 Å². The summed E-state index contributed by atoms with van der Waals surface area (Å²) < 4.78 is 28.2. The van der Waals surface area contributed by atoms with Crippen molar-refractivity contribution in [3.63, 3.8) is 0 Å². The molecule has 0 saturated carbocycles. The predicted molar refractivity (Wildman–Crippen MR) is 98.9 cm³/mol. The third kappa shape index (κ3) is 4.30. The lowest BCUT2D eigenvalue weighted by atomic mass is 10.1. The van der Waals surface area contributed by atoms with E-state index >= 15 is 0 Å². The van der Waals surface area contributed by atoms with Crippen LogP contribution >= 0.6 is 0 Å². The number of benzene rings is 2. The summed E-state index contributed by atoms with van der Waals surface area (Å²) in [6.07, 6.45) is 0.795. The Kier molecular flexibility index (Phi) is 5.11. The number of carbonyl (C=O) groups excluding carboxylic acids is 1. The van der Waals surface area contributed by atoms with E-state index in [1.165, 1.54) is 12.1 Å². The molecule has 0 aliphatic carbocycles. The van der Waals surface area contributed by atoms with E-state index < -0.39 is 10.0 Å². The van der Waals surface area contributed by atoms with Crippen LogP contribution in [0.1, 0.15) is 30.7 Å². The van der Waals surface area contributed by atoms with Gasteiger partial charge in [0, 0.05) is 11.8 Å². The Bertz CT molecular complexity index is 990. The van der Waals surface area contributed by atoms with Crippen LogP contribution < -0.4 is 10.5 Å². The second-order valence-electron chi connectivity index (χ2n) is 6.16. The van der Waals surface area contributed by atoms with Gasteiger partial charge in [0.05, 0.1) is 10.9 Å². The molecule has 6 nitrogen and oxygen atoms in total. The number of hydrogen-bond donors (Lipinski definition) is 2. The summed E-state index contributed by atoms with van der Waals surface area (Å²) in [5.74, 6) is 0.602. The number of nitrogens with two attached hydrogens (primary N) is 1. The highest BCUT2D eigenvalue weighted by molar-refractivity contribution is 7.89. The van der Waals surface area contributed by atoms with Crippen LogP contribution in [0.15, 0.2) is 63.9 Å². The molecule has 3 N–H and O–H groups in total. The Balaban J connectivity index is 1.56. The van der Waals surface area contributed by atoms with Crippen LogP contribution in [0.2, 0.25) is 0 Å². The standard InChI is InChI=1S/C19H20N2O4S/c1-13(18-12-15-4-2-3-5-17(15)25-18)21-19(22)11-8-14-6-9-16(10-7-14)26(20,23)24/h2-7,9-10,12-13H,8,11H2,1H3,(H,21,22)(H2,20,23,24)/t13-/m0/s1. The lowest BCUT2D eigenvalue weighted by Gasteiger charge is -2.11. The predicted octanol–water partition coefficient (Wildman–Crippen LogP) is 2.89. The average Bonchev–Trinajstić information content (AvgIpc) is 3.04. The second kappa shape index (κ2) is 7.31. The van der Waals surface area contributed by atoms with Crippen molar-refractivity contribution in [1.82, 2.24) is 5.32 Å². The highest BCUT2D eigenvalue weighted by atomic mass is 32.2. The van der Waals surface area contributed by atoms with Gasteiger partial charge in [0.15, 0.2) is 0 Å². The van der Waals surface area contributed by atoms with Gasteiger partial charge in [0.2, 0.25) is 15.9 Å². The van der Waals surface area contributed by atoms with Crippen molar-refractivity contribution in [3.05, 3.63) is 65.9 Å². The van der Waals surface area contributed by atoms with E-state index in [1.54, 1.807) is 12.1 Å².